The third-order valence-corrected chi connectivity index (χ3v) is 8.58. The summed E-state index contributed by atoms with van der Waals surface area (Å²) in [7, 11) is 0. The summed E-state index contributed by atoms with van der Waals surface area (Å²) in [6, 6.07) is 10.1. The van der Waals surface area contributed by atoms with Crippen molar-refractivity contribution in [2.45, 2.75) is 82.7 Å². The van der Waals surface area contributed by atoms with E-state index >= 15 is 0 Å². The van der Waals surface area contributed by atoms with Crippen LogP contribution in [-0.2, 0) is 23.8 Å². The van der Waals surface area contributed by atoms with Crippen LogP contribution >= 0.6 is 0 Å². The average Bonchev–Trinajstić information content (AvgIpc) is 3.44. The molecule has 0 aromatic heterocycles. The summed E-state index contributed by atoms with van der Waals surface area (Å²) in [6.45, 7) is 7.63. The first kappa shape index (κ1) is 22.6. The highest BCUT2D eigenvalue weighted by molar-refractivity contribution is 5.78. The molecule has 4 aliphatic rings. The smallest absolute Gasteiger partial charge is 0.332 e. The quantitative estimate of drug-likeness (QED) is 0.518. The molecule has 1 N–H and O–H groups in total. The number of ether oxygens (including phenoxy) is 3. The van der Waals surface area contributed by atoms with E-state index < -0.39 is 36.0 Å². The van der Waals surface area contributed by atoms with Crippen molar-refractivity contribution in [1.29, 1.82) is 0 Å². The molecule has 0 amide bonds. The lowest BCUT2D eigenvalue weighted by molar-refractivity contribution is -0.225. The molecule has 5 rings (SSSR count). The Morgan fingerprint density at radius 2 is 1.94 bits per heavy atom. The highest BCUT2D eigenvalue weighted by Crippen LogP contribution is 2.62. The van der Waals surface area contributed by atoms with Crippen molar-refractivity contribution in [1.82, 2.24) is 0 Å². The molecule has 6 heteroatoms. The molecule has 1 aromatic rings. The number of benzene rings is 1. The topological polar surface area (TPSA) is 82.1 Å². The molecule has 0 radical (unpaired) electrons. The molecule has 2 bridgehead atoms. The summed E-state index contributed by atoms with van der Waals surface area (Å²) in [5.74, 6) is -0.671. The minimum Gasteiger partial charge on any atom is -0.457 e. The summed E-state index contributed by atoms with van der Waals surface area (Å²) in [4.78, 5) is 25.4. The summed E-state index contributed by atoms with van der Waals surface area (Å²) in [5, 5.41) is 9.29. The Bertz CT molecular complexity index is 984. The number of carbonyl (C=O) groups is 2. The van der Waals surface area contributed by atoms with Crippen LogP contribution < -0.4 is 0 Å². The third-order valence-electron chi connectivity index (χ3n) is 8.58. The van der Waals surface area contributed by atoms with Crippen LogP contribution in [0.3, 0.4) is 0 Å². The van der Waals surface area contributed by atoms with Gasteiger partial charge in [0.1, 0.15) is 23.9 Å². The van der Waals surface area contributed by atoms with Crippen molar-refractivity contribution in [3.05, 3.63) is 47.0 Å². The molecule has 2 aliphatic heterocycles. The van der Waals surface area contributed by atoms with E-state index in [1.165, 1.54) is 11.1 Å². The van der Waals surface area contributed by atoms with Crippen molar-refractivity contribution in [2.24, 2.45) is 17.8 Å². The molecule has 2 unspecified atom stereocenters. The molecule has 2 saturated heterocycles. The molecule has 2 aliphatic carbocycles. The second kappa shape index (κ2) is 7.95. The fraction of sp³-hybridized carbons (Fsp3) is 0.630. The van der Waals surface area contributed by atoms with Crippen LogP contribution in [0.15, 0.2) is 41.5 Å². The standard InChI is InChI=1S/C27H34O6/c1-15(2)27-13-21(31-22(29)14-28)26(4,33-27)20-11-10-16(3)23(20)24(27)32-25(30)19-12-18(19)17-8-6-5-7-9-17/h5-9,15,18-21,24,28H,10-14H2,1-4H3/t18?,19?,20-,21-,24+,26+,27-/m1/s1. The SMILES string of the molecule is CC1=C2[C@@H](CC1)[C@]1(C)O[C@@](C(C)C)(C[C@H]1OC(=O)CO)[C@H]2OC(=O)C1CC1c1ccccc1. The lowest BCUT2D eigenvalue weighted by atomic mass is 9.74. The van der Waals surface area contributed by atoms with Crippen molar-refractivity contribution < 1.29 is 28.9 Å². The van der Waals surface area contributed by atoms with E-state index in [-0.39, 0.29) is 29.6 Å². The maximum absolute atomic E-state index is 13.4. The highest BCUT2D eigenvalue weighted by Gasteiger charge is 2.70. The van der Waals surface area contributed by atoms with E-state index in [0.717, 1.165) is 24.8 Å². The largest absolute Gasteiger partial charge is 0.457 e. The zero-order valence-corrected chi connectivity index (χ0v) is 19.9. The van der Waals surface area contributed by atoms with E-state index in [1.54, 1.807) is 0 Å². The summed E-state index contributed by atoms with van der Waals surface area (Å²) in [6.07, 6.45) is 2.07. The highest BCUT2D eigenvalue weighted by atomic mass is 16.6. The van der Waals surface area contributed by atoms with Crippen LogP contribution in [0.2, 0.25) is 0 Å². The summed E-state index contributed by atoms with van der Waals surface area (Å²) < 4.78 is 18.9. The summed E-state index contributed by atoms with van der Waals surface area (Å²) in [5.41, 5.74) is 2.13. The van der Waals surface area contributed by atoms with Gasteiger partial charge in [-0.2, -0.15) is 0 Å². The zero-order chi connectivity index (χ0) is 23.5. The fourth-order valence-electron chi connectivity index (χ4n) is 6.59. The number of rotatable bonds is 6. The number of fused-ring (bicyclic) bond motifs is 4. The number of esters is 2. The monoisotopic (exact) mass is 454 g/mol. The number of hydrogen-bond acceptors (Lipinski definition) is 6. The Hall–Kier alpha value is -2.18. The van der Waals surface area contributed by atoms with E-state index in [4.69, 9.17) is 14.2 Å². The maximum atomic E-state index is 13.4. The minimum absolute atomic E-state index is 0.0188. The Labute approximate surface area is 195 Å². The van der Waals surface area contributed by atoms with Gasteiger partial charge in [0.25, 0.3) is 0 Å². The van der Waals surface area contributed by atoms with Crippen LogP contribution in [0, 0.1) is 17.8 Å². The Balaban J connectivity index is 1.46. The number of allylic oxidation sites excluding steroid dienone is 1. The molecule has 6 nitrogen and oxygen atoms in total. The number of carbonyl (C=O) groups excluding carboxylic acids is 2. The molecule has 7 atom stereocenters. The Morgan fingerprint density at radius 3 is 2.61 bits per heavy atom. The van der Waals surface area contributed by atoms with Crippen molar-refractivity contribution in [2.75, 3.05) is 6.61 Å². The van der Waals surface area contributed by atoms with E-state index in [9.17, 15) is 14.7 Å². The second-order valence-electron chi connectivity index (χ2n) is 10.7. The molecular formula is C27H34O6. The fourth-order valence-corrected chi connectivity index (χ4v) is 6.59. The number of hydrogen-bond donors (Lipinski definition) is 1. The molecular weight excluding hydrogens is 420 g/mol. The van der Waals surface area contributed by atoms with Gasteiger partial charge < -0.3 is 19.3 Å². The Kier molecular flexibility index (Phi) is 5.44. The molecule has 3 fully saturated rings. The summed E-state index contributed by atoms with van der Waals surface area (Å²) >= 11 is 0. The lowest BCUT2D eigenvalue weighted by Crippen LogP contribution is -2.59. The molecule has 33 heavy (non-hydrogen) atoms. The van der Waals surface area contributed by atoms with Gasteiger partial charge in [-0.25, -0.2) is 4.79 Å². The molecule has 178 valence electrons. The Morgan fingerprint density at radius 1 is 1.21 bits per heavy atom. The average molecular weight is 455 g/mol. The van der Waals surface area contributed by atoms with E-state index in [0.29, 0.717) is 6.42 Å². The number of aliphatic hydroxyl groups is 1. The van der Waals surface area contributed by atoms with Gasteiger partial charge in [-0.15, -0.1) is 0 Å². The van der Waals surface area contributed by atoms with Gasteiger partial charge in [0.2, 0.25) is 0 Å². The van der Waals surface area contributed by atoms with Crippen LogP contribution in [-0.4, -0.2) is 47.1 Å². The predicted molar refractivity (Wildman–Crippen MR) is 121 cm³/mol. The first-order chi connectivity index (χ1) is 15.7. The zero-order valence-electron chi connectivity index (χ0n) is 19.9. The van der Waals surface area contributed by atoms with Gasteiger partial charge in [0.05, 0.1) is 5.92 Å². The normalized spacial score (nSPS) is 38.9. The molecule has 2 heterocycles. The van der Waals surface area contributed by atoms with Gasteiger partial charge >= 0.3 is 11.9 Å². The van der Waals surface area contributed by atoms with Gasteiger partial charge in [0.15, 0.2) is 6.10 Å². The van der Waals surface area contributed by atoms with Gasteiger partial charge in [-0.3, -0.25) is 4.79 Å². The van der Waals surface area contributed by atoms with Crippen molar-refractivity contribution in [3.63, 3.8) is 0 Å². The van der Waals surface area contributed by atoms with Gasteiger partial charge in [0, 0.05) is 12.3 Å². The van der Waals surface area contributed by atoms with Crippen molar-refractivity contribution >= 4 is 11.9 Å². The molecule has 1 saturated carbocycles. The van der Waals surface area contributed by atoms with E-state index in [2.05, 4.69) is 32.9 Å². The van der Waals surface area contributed by atoms with Crippen LogP contribution in [0.1, 0.15) is 64.9 Å². The van der Waals surface area contributed by atoms with Crippen LogP contribution in [0.4, 0.5) is 0 Å². The van der Waals surface area contributed by atoms with Crippen molar-refractivity contribution in [3.8, 4) is 0 Å². The van der Waals surface area contributed by atoms with Gasteiger partial charge in [-0.1, -0.05) is 49.8 Å². The first-order valence-corrected chi connectivity index (χ1v) is 12.2. The second-order valence-corrected chi connectivity index (χ2v) is 10.7. The third kappa shape index (κ3) is 3.45. The minimum atomic E-state index is -0.765. The molecule has 0 spiro atoms. The first-order valence-electron chi connectivity index (χ1n) is 12.2. The van der Waals surface area contributed by atoms with Crippen LogP contribution in [0.25, 0.3) is 0 Å². The van der Waals surface area contributed by atoms with Gasteiger partial charge in [-0.05, 0) is 56.1 Å². The predicted octanol–water partition coefficient (Wildman–Crippen LogP) is 3.92. The maximum Gasteiger partial charge on any atom is 0.332 e. The number of aliphatic hydroxyl groups excluding tert-OH is 1. The lowest BCUT2D eigenvalue weighted by Gasteiger charge is -2.50. The van der Waals surface area contributed by atoms with E-state index in [1.807, 2.05) is 25.1 Å². The molecule has 1 aromatic carbocycles. The van der Waals surface area contributed by atoms with Crippen LogP contribution in [0.5, 0.6) is 0 Å².